The summed E-state index contributed by atoms with van der Waals surface area (Å²) in [6.45, 7) is 3.92. The molecular formula is C21H23N5O3. The highest BCUT2D eigenvalue weighted by molar-refractivity contribution is 5.48. The van der Waals surface area contributed by atoms with Crippen LogP contribution in [0.1, 0.15) is 22.5 Å². The van der Waals surface area contributed by atoms with Gasteiger partial charge in [-0.25, -0.2) is 9.97 Å². The van der Waals surface area contributed by atoms with Crippen molar-refractivity contribution in [2.75, 3.05) is 20.8 Å². The van der Waals surface area contributed by atoms with Gasteiger partial charge in [-0.3, -0.25) is 14.7 Å². The molecule has 29 heavy (non-hydrogen) atoms. The largest absolute Gasteiger partial charge is 0.497 e. The summed E-state index contributed by atoms with van der Waals surface area (Å²) in [5.41, 5.74) is 3.86. The van der Waals surface area contributed by atoms with Crippen LogP contribution in [0.2, 0.25) is 0 Å². The van der Waals surface area contributed by atoms with Gasteiger partial charge in [0, 0.05) is 43.0 Å². The molecule has 0 atom stereocenters. The van der Waals surface area contributed by atoms with Crippen molar-refractivity contribution in [3.8, 4) is 23.0 Å². The van der Waals surface area contributed by atoms with E-state index < -0.39 is 0 Å². The van der Waals surface area contributed by atoms with Crippen LogP contribution in [0.25, 0.3) is 11.5 Å². The van der Waals surface area contributed by atoms with Crippen molar-refractivity contribution in [2.45, 2.75) is 26.4 Å². The number of benzene rings is 1. The predicted octanol–water partition coefficient (Wildman–Crippen LogP) is 2.11. The summed E-state index contributed by atoms with van der Waals surface area (Å²) in [6, 6.07) is 5.81. The Kier molecular flexibility index (Phi) is 5.26. The van der Waals surface area contributed by atoms with Crippen molar-refractivity contribution in [3.05, 3.63) is 63.5 Å². The van der Waals surface area contributed by atoms with Crippen LogP contribution in [-0.2, 0) is 19.5 Å². The normalized spacial score (nSPS) is 13.8. The standard InChI is InChI=1S/C21H23N5O3/c1-13-9-23-17(10-22-13)20-24-18-12-26(7-6-16(18)21(27)25-20)11-14-4-5-15(28-2)8-19(14)29-3/h4-5,8-10H,6-7,11-12H2,1-3H3,(H,24,25,27). The predicted molar refractivity (Wildman–Crippen MR) is 108 cm³/mol. The molecule has 1 N–H and O–H groups in total. The highest BCUT2D eigenvalue weighted by atomic mass is 16.5. The maximum Gasteiger partial charge on any atom is 0.254 e. The Hall–Kier alpha value is -3.26. The van der Waals surface area contributed by atoms with Gasteiger partial charge in [0.05, 0.1) is 31.8 Å². The van der Waals surface area contributed by atoms with E-state index in [2.05, 4.69) is 24.8 Å². The molecule has 4 rings (SSSR count). The van der Waals surface area contributed by atoms with E-state index in [1.54, 1.807) is 26.6 Å². The van der Waals surface area contributed by atoms with Gasteiger partial charge in [-0.2, -0.15) is 0 Å². The number of nitrogens with zero attached hydrogens (tertiary/aromatic N) is 4. The molecule has 0 saturated heterocycles. The van der Waals surface area contributed by atoms with Gasteiger partial charge >= 0.3 is 0 Å². The first-order valence-electron chi connectivity index (χ1n) is 9.41. The Labute approximate surface area is 168 Å². The van der Waals surface area contributed by atoms with Crippen molar-refractivity contribution in [1.29, 1.82) is 0 Å². The van der Waals surface area contributed by atoms with Gasteiger partial charge in [-0.05, 0) is 19.4 Å². The number of methoxy groups -OCH3 is 2. The third kappa shape index (κ3) is 3.97. The molecule has 8 nitrogen and oxygen atoms in total. The maximum atomic E-state index is 12.6. The SMILES string of the molecule is COc1ccc(CN2CCc3c(nc(-c4cnc(C)cn4)[nH]c3=O)C2)c(OC)c1. The third-order valence-electron chi connectivity index (χ3n) is 5.06. The molecule has 1 aromatic carbocycles. The average molecular weight is 393 g/mol. The minimum atomic E-state index is -0.103. The first-order valence-corrected chi connectivity index (χ1v) is 9.41. The van der Waals surface area contributed by atoms with Gasteiger partial charge in [0.25, 0.3) is 5.56 Å². The minimum Gasteiger partial charge on any atom is -0.497 e. The van der Waals surface area contributed by atoms with Crippen LogP contribution in [-0.4, -0.2) is 45.6 Å². The molecular weight excluding hydrogens is 370 g/mol. The molecule has 0 amide bonds. The molecule has 0 bridgehead atoms. The highest BCUT2D eigenvalue weighted by Gasteiger charge is 2.22. The Bertz CT molecular complexity index is 1080. The summed E-state index contributed by atoms with van der Waals surface area (Å²) in [6.07, 6.45) is 3.94. The zero-order valence-corrected chi connectivity index (χ0v) is 16.7. The van der Waals surface area contributed by atoms with Crippen LogP contribution >= 0.6 is 0 Å². The molecule has 0 radical (unpaired) electrons. The molecule has 8 heteroatoms. The fourth-order valence-corrected chi connectivity index (χ4v) is 3.49. The van der Waals surface area contributed by atoms with E-state index in [1.807, 2.05) is 25.1 Å². The average Bonchev–Trinajstić information content (AvgIpc) is 2.74. The Morgan fingerprint density at radius 2 is 2.03 bits per heavy atom. The number of aromatic amines is 1. The van der Waals surface area contributed by atoms with E-state index in [4.69, 9.17) is 9.47 Å². The summed E-state index contributed by atoms with van der Waals surface area (Å²) in [4.78, 5) is 30.9. The molecule has 0 aliphatic carbocycles. The van der Waals surface area contributed by atoms with Gasteiger partial charge in [0.1, 0.15) is 17.2 Å². The first kappa shape index (κ1) is 19.1. The van der Waals surface area contributed by atoms with Gasteiger partial charge in [0.15, 0.2) is 5.82 Å². The van der Waals surface area contributed by atoms with Gasteiger partial charge in [-0.1, -0.05) is 6.07 Å². The monoisotopic (exact) mass is 393 g/mol. The molecule has 0 spiro atoms. The molecule has 3 heterocycles. The summed E-state index contributed by atoms with van der Waals surface area (Å²) in [7, 11) is 3.29. The summed E-state index contributed by atoms with van der Waals surface area (Å²) < 4.78 is 10.8. The van der Waals surface area contributed by atoms with Crippen molar-refractivity contribution in [3.63, 3.8) is 0 Å². The van der Waals surface area contributed by atoms with Crippen LogP contribution in [0.3, 0.4) is 0 Å². The lowest BCUT2D eigenvalue weighted by atomic mass is 10.0. The topological polar surface area (TPSA) is 93.2 Å². The number of fused-ring (bicyclic) bond motifs is 1. The quantitative estimate of drug-likeness (QED) is 0.710. The van der Waals surface area contributed by atoms with E-state index in [0.29, 0.717) is 31.0 Å². The second-order valence-corrected chi connectivity index (χ2v) is 7.02. The molecule has 1 aliphatic heterocycles. The zero-order chi connectivity index (χ0) is 20.4. The van der Waals surface area contributed by atoms with E-state index in [-0.39, 0.29) is 5.56 Å². The number of H-pyrrole nitrogens is 1. The fourth-order valence-electron chi connectivity index (χ4n) is 3.49. The Morgan fingerprint density at radius 1 is 1.17 bits per heavy atom. The fraction of sp³-hybridized carbons (Fsp3) is 0.333. The van der Waals surface area contributed by atoms with E-state index >= 15 is 0 Å². The van der Waals surface area contributed by atoms with Gasteiger partial charge in [0.2, 0.25) is 0 Å². The second kappa shape index (κ2) is 8.00. The van der Waals surface area contributed by atoms with E-state index in [0.717, 1.165) is 40.6 Å². The number of hydrogen-bond donors (Lipinski definition) is 1. The number of hydrogen-bond acceptors (Lipinski definition) is 7. The number of nitrogens with one attached hydrogen (secondary N) is 1. The van der Waals surface area contributed by atoms with Crippen molar-refractivity contribution in [2.24, 2.45) is 0 Å². The molecule has 150 valence electrons. The minimum absolute atomic E-state index is 0.103. The molecule has 2 aromatic heterocycles. The van der Waals surface area contributed by atoms with Crippen LogP contribution < -0.4 is 15.0 Å². The van der Waals surface area contributed by atoms with Crippen LogP contribution in [0.15, 0.2) is 35.4 Å². The number of rotatable bonds is 5. The Morgan fingerprint density at radius 3 is 2.76 bits per heavy atom. The number of aryl methyl sites for hydroxylation is 1. The van der Waals surface area contributed by atoms with Crippen molar-refractivity contribution >= 4 is 0 Å². The van der Waals surface area contributed by atoms with E-state index in [9.17, 15) is 4.79 Å². The molecule has 0 saturated carbocycles. The van der Waals surface area contributed by atoms with Crippen LogP contribution in [0.4, 0.5) is 0 Å². The van der Waals surface area contributed by atoms with E-state index in [1.165, 1.54) is 0 Å². The van der Waals surface area contributed by atoms with Crippen LogP contribution in [0.5, 0.6) is 11.5 Å². The highest BCUT2D eigenvalue weighted by Crippen LogP contribution is 2.27. The summed E-state index contributed by atoms with van der Waals surface area (Å²) in [5.74, 6) is 1.99. The molecule has 1 aliphatic rings. The van der Waals surface area contributed by atoms with Crippen LogP contribution in [0, 0.1) is 6.92 Å². The molecule has 0 unspecified atom stereocenters. The lowest BCUT2D eigenvalue weighted by Gasteiger charge is -2.28. The Balaban J connectivity index is 1.59. The first-order chi connectivity index (χ1) is 14.1. The lowest BCUT2D eigenvalue weighted by molar-refractivity contribution is 0.237. The second-order valence-electron chi connectivity index (χ2n) is 7.02. The third-order valence-corrected chi connectivity index (χ3v) is 5.06. The van der Waals surface area contributed by atoms with Gasteiger partial charge < -0.3 is 14.5 Å². The van der Waals surface area contributed by atoms with Crippen molar-refractivity contribution < 1.29 is 9.47 Å². The van der Waals surface area contributed by atoms with Gasteiger partial charge in [-0.15, -0.1) is 0 Å². The lowest BCUT2D eigenvalue weighted by Crippen LogP contribution is -2.35. The van der Waals surface area contributed by atoms with Crippen molar-refractivity contribution in [1.82, 2.24) is 24.8 Å². The number of ether oxygens (including phenoxy) is 2. The summed E-state index contributed by atoms with van der Waals surface area (Å²) >= 11 is 0. The maximum absolute atomic E-state index is 12.6. The zero-order valence-electron chi connectivity index (χ0n) is 16.7. The summed E-state index contributed by atoms with van der Waals surface area (Å²) in [5, 5.41) is 0. The smallest absolute Gasteiger partial charge is 0.254 e. The number of aromatic nitrogens is 4. The molecule has 3 aromatic rings. The molecule has 0 fully saturated rings.